The van der Waals surface area contributed by atoms with Crippen molar-refractivity contribution in [1.29, 1.82) is 0 Å². The van der Waals surface area contributed by atoms with Crippen molar-refractivity contribution in [3.05, 3.63) is 28.8 Å². The van der Waals surface area contributed by atoms with Gasteiger partial charge in [-0.2, -0.15) is 0 Å². The van der Waals surface area contributed by atoms with Crippen LogP contribution in [0.1, 0.15) is 87.7 Å². The van der Waals surface area contributed by atoms with E-state index in [1.54, 1.807) is 6.07 Å². The number of carbonyl (C=O) groups excluding carboxylic acids is 1. The van der Waals surface area contributed by atoms with E-state index < -0.39 is 0 Å². The SMILES string of the molecule is CC(C)c1cc2c(cc1O)C(=O)C[C@H]1C(C)(C)CCC[C@]21C. The number of hydrogen-bond acceptors (Lipinski definition) is 2. The van der Waals surface area contributed by atoms with Crippen LogP contribution < -0.4 is 0 Å². The minimum Gasteiger partial charge on any atom is -0.508 e. The number of phenols is 1. The Morgan fingerprint density at radius 2 is 1.86 bits per heavy atom. The normalized spacial score (nSPS) is 30.1. The average Bonchev–Trinajstić information content (AvgIpc) is 2.40. The lowest BCUT2D eigenvalue weighted by Crippen LogP contribution is -2.49. The number of hydrogen-bond donors (Lipinski definition) is 1. The summed E-state index contributed by atoms with van der Waals surface area (Å²) in [5.74, 6) is 1.15. The molecule has 2 heteroatoms. The van der Waals surface area contributed by atoms with E-state index >= 15 is 0 Å². The number of fused-ring (bicyclic) bond motifs is 3. The van der Waals surface area contributed by atoms with Gasteiger partial charge in [-0.05, 0) is 52.7 Å². The maximum atomic E-state index is 12.7. The third kappa shape index (κ3) is 2.11. The first-order valence-electron chi connectivity index (χ1n) is 8.57. The molecule has 0 unspecified atom stereocenters. The zero-order chi connectivity index (χ0) is 16.3. The summed E-state index contributed by atoms with van der Waals surface area (Å²) in [6.07, 6.45) is 4.18. The molecule has 2 atom stereocenters. The summed E-state index contributed by atoms with van der Waals surface area (Å²) < 4.78 is 0. The molecule has 1 aromatic carbocycles. The molecule has 1 saturated carbocycles. The number of aromatic hydroxyl groups is 1. The molecular formula is C20H28O2. The van der Waals surface area contributed by atoms with Crippen LogP contribution in [-0.4, -0.2) is 10.9 Å². The van der Waals surface area contributed by atoms with E-state index in [0.717, 1.165) is 17.5 Å². The maximum Gasteiger partial charge on any atom is 0.163 e. The molecule has 0 spiro atoms. The van der Waals surface area contributed by atoms with Gasteiger partial charge in [0.15, 0.2) is 5.78 Å². The molecule has 120 valence electrons. The molecule has 2 nitrogen and oxygen atoms in total. The summed E-state index contributed by atoms with van der Waals surface area (Å²) in [4.78, 5) is 12.7. The highest BCUT2D eigenvalue weighted by Crippen LogP contribution is 2.57. The molecular weight excluding hydrogens is 272 g/mol. The fourth-order valence-electron chi connectivity index (χ4n) is 5.01. The Morgan fingerprint density at radius 3 is 2.50 bits per heavy atom. The second kappa shape index (κ2) is 4.84. The highest BCUT2D eigenvalue weighted by Gasteiger charge is 2.52. The molecule has 0 aliphatic heterocycles. The minimum absolute atomic E-state index is 0.0579. The van der Waals surface area contributed by atoms with Gasteiger partial charge in [0.25, 0.3) is 0 Å². The van der Waals surface area contributed by atoms with E-state index in [-0.39, 0.29) is 28.3 Å². The smallest absolute Gasteiger partial charge is 0.163 e. The molecule has 2 aliphatic rings. The molecule has 22 heavy (non-hydrogen) atoms. The number of ketones is 1. The van der Waals surface area contributed by atoms with E-state index in [9.17, 15) is 9.90 Å². The van der Waals surface area contributed by atoms with Crippen LogP contribution in [-0.2, 0) is 5.41 Å². The van der Waals surface area contributed by atoms with Crippen molar-refractivity contribution in [1.82, 2.24) is 0 Å². The van der Waals surface area contributed by atoms with Crippen LogP contribution in [0.4, 0.5) is 0 Å². The average molecular weight is 300 g/mol. The first-order valence-corrected chi connectivity index (χ1v) is 8.57. The lowest BCUT2D eigenvalue weighted by molar-refractivity contribution is 0.0367. The Morgan fingerprint density at radius 1 is 1.18 bits per heavy atom. The van der Waals surface area contributed by atoms with Crippen LogP contribution in [0.15, 0.2) is 12.1 Å². The molecule has 2 aliphatic carbocycles. The third-order valence-corrected chi connectivity index (χ3v) is 6.32. The Balaban J connectivity index is 2.22. The van der Waals surface area contributed by atoms with Crippen molar-refractivity contribution >= 4 is 5.78 Å². The van der Waals surface area contributed by atoms with Crippen LogP contribution in [0.2, 0.25) is 0 Å². The Kier molecular flexibility index (Phi) is 3.43. The monoisotopic (exact) mass is 300 g/mol. The predicted octanol–water partition coefficient (Wildman–Crippen LogP) is 5.19. The number of rotatable bonds is 1. The van der Waals surface area contributed by atoms with Crippen LogP contribution in [0.25, 0.3) is 0 Å². The second-order valence-electron chi connectivity index (χ2n) is 8.55. The van der Waals surface area contributed by atoms with E-state index in [0.29, 0.717) is 12.3 Å². The van der Waals surface area contributed by atoms with E-state index in [1.165, 1.54) is 18.4 Å². The van der Waals surface area contributed by atoms with E-state index in [1.807, 2.05) is 0 Å². The summed E-state index contributed by atoms with van der Waals surface area (Å²) in [6, 6.07) is 3.86. The van der Waals surface area contributed by atoms with Crippen LogP contribution in [0.5, 0.6) is 5.75 Å². The summed E-state index contributed by atoms with van der Waals surface area (Å²) in [5.41, 5.74) is 3.18. The Bertz CT molecular complexity index is 627. The first-order chi connectivity index (χ1) is 10.2. The summed E-state index contributed by atoms with van der Waals surface area (Å²) in [6.45, 7) is 11.2. The van der Waals surface area contributed by atoms with Crippen molar-refractivity contribution in [2.24, 2.45) is 11.3 Å². The van der Waals surface area contributed by atoms with Crippen molar-refractivity contribution in [2.75, 3.05) is 0 Å². The topological polar surface area (TPSA) is 37.3 Å². The third-order valence-electron chi connectivity index (χ3n) is 6.32. The second-order valence-corrected chi connectivity index (χ2v) is 8.55. The molecule has 1 aromatic rings. The first kappa shape index (κ1) is 15.6. The zero-order valence-electron chi connectivity index (χ0n) is 14.5. The number of carbonyl (C=O) groups is 1. The molecule has 0 heterocycles. The summed E-state index contributed by atoms with van der Waals surface area (Å²) in [7, 11) is 0. The fraction of sp³-hybridized carbons (Fsp3) is 0.650. The minimum atomic E-state index is 0.0579. The van der Waals surface area contributed by atoms with Crippen LogP contribution >= 0.6 is 0 Å². The number of Topliss-reactive ketones (excluding diaryl/α,β-unsaturated/α-hetero) is 1. The van der Waals surface area contributed by atoms with Crippen molar-refractivity contribution in [3.63, 3.8) is 0 Å². The van der Waals surface area contributed by atoms with Gasteiger partial charge in [0.2, 0.25) is 0 Å². The lowest BCUT2D eigenvalue weighted by atomic mass is 9.50. The largest absolute Gasteiger partial charge is 0.508 e. The van der Waals surface area contributed by atoms with Crippen molar-refractivity contribution < 1.29 is 9.90 Å². The van der Waals surface area contributed by atoms with Gasteiger partial charge < -0.3 is 5.11 Å². The molecule has 0 amide bonds. The maximum absolute atomic E-state index is 12.7. The predicted molar refractivity (Wildman–Crippen MR) is 89.6 cm³/mol. The highest BCUT2D eigenvalue weighted by atomic mass is 16.3. The molecule has 1 fully saturated rings. The van der Waals surface area contributed by atoms with Gasteiger partial charge in [-0.25, -0.2) is 0 Å². The molecule has 0 saturated heterocycles. The fourth-order valence-corrected chi connectivity index (χ4v) is 5.01. The van der Waals surface area contributed by atoms with Gasteiger partial charge >= 0.3 is 0 Å². The highest BCUT2D eigenvalue weighted by molar-refractivity contribution is 6.00. The van der Waals surface area contributed by atoms with Crippen molar-refractivity contribution in [3.8, 4) is 5.75 Å². The Hall–Kier alpha value is -1.31. The Labute approximate surface area is 133 Å². The molecule has 3 rings (SSSR count). The van der Waals surface area contributed by atoms with Gasteiger partial charge in [0, 0.05) is 12.0 Å². The van der Waals surface area contributed by atoms with Gasteiger partial charge in [-0.15, -0.1) is 0 Å². The molecule has 0 bridgehead atoms. The van der Waals surface area contributed by atoms with Crippen LogP contribution in [0, 0.1) is 11.3 Å². The quantitative estimate of drug-likeness (QED) is 0.775. The number of benzene rings is 1. The van der Waals surface area contributed by atoms with Crippen LogP contribution in [0.3, 0.4) is 0 Å². The number of phenolic OH excluding ortho intramolecular Hbond substituents is 1. The molecule has 0 radical (unpaired) electrons. The van der Waals surface area contributed by atoms with Gasteiger partial charge in [-0.3, -0.25) is 4.79 Å². The van der Waals surface area contributed by atoms with E-state index in [2.05, 4.69) is 40.7 Å². The van der Waals surface area contributed by atoms with E-state index in [4.69, 9.17) is 0 Å². The standard InChI is InChI=1S/C20H28O2/c1-12(2)13-9-15-14(10-16(13)21)17(22)11-18-19(3,4)7-6-8-20(15,18)5/h9-10,12,18,21H,6-8,11H2,1-5H3/t18-,20+/m0/s1. The van der Waals surface area contributed by atoms with Gasteiger partial charge in [0.05, 0.1) is 0 Å². The molecule has 1 N–H and O–H groups in total. The molecule has 0 aromatic heterocycles. The summed E-state index contributed by atoms with van der Waals surface area (Å²) >= 11 is 0. The zero-order valence-corrected chi connectivity index (χ0v) is 14.5. The van der Waals surface area contributed by atoms with Crippen molar-refractivity contribution in [2.45, 2.75) is 71.6 Å². The summed E-state index contributed by atoms with van der Waals surface area (Å²) in [5, 5.41) is 10.3. The van der Waals surface area contributed by atoms with Gasteiger partial charge in [0.1, 0.15) is 5.75 Å². The lowest BCUT2D eigenvalue weighted by Gasteiger charge is -2.54. The van der Waals surface area contributed by atoms with Gasteiger partial charge in [-0.1, -0.05) is 47.1 Å².